The molecule has 20 heavy (non-hydrogen) atoms. The molecule has 0 aromatic rings. The predicted molar refractivity (Wildman–Crippen MR) is 79.6 cm³/mol. The van der Waals surface area contributed by atoms with E-state index >= 15 is 0 Å². The van der Waals surface area contributed by atoms with E-state index in [1.54, 1.807) is 0 Å². The number of nitrogens with zero attached hydrogens (tertiary/aromatic N) is 1. The van der Waals surface area contributed by atoms with Crippen LogP contribution in [0, 0.1) is 5.92 Å². The molecule has 0 spiro atoms. The number of aliphatic hydroxyl groups excluding tert-OH is 1. The van der Waals surface area contributed by atoms with Crippen LogP contribution in [0.2, 0.25) is 0 Å². The van der Waals surface area contributed by atoms with Crippen molar-refractivity contribution in [3.05, 3.63) is 0 Å². The SMILES string of the molecule is CC1CC(NCCCO)CN(CC(=O)OC(C)(C)C)C1. The van der Waals surface area contributed by atoms with Crippen LogP contribution in [0.4, 0.5) is 0 Å². The number of piperidine rings is 1. The summed E-state index contributed by atoms with van der Waals surface area (Å²) in [6, 6.07) is 0.396. The van der Waals surface area contributed by atoms with Gasteiger partial charge in [-0.2, -0.15) is 0 Å². The molecule has 0 aromatic carbocycles. The molecule has 0 radical (unpaired) electrons. The molecule has 1 saturated heterocycles. The van der Waals surface area contributed by atoms with E-state index in [-0.39, 0.29) is 12.6 Å². The summed E-state index contributed by atoms with van der Waals surface area (Å²) >= 11 is 0. The largest absolute Gasteiger partial charge is 0.459 e. The minimum absolute atomic E-state index is 0.152. The third-order valence-electron chi connectivity index (χ3n) is 3.28. The first-order valence-electron chi connectivity index (χ1n) is 7.58. The van der Waals surface area contributed by atoms with E-state index in [2.05, 4.69) is 17.1 Å². The van der Waals surface area contributed by atoms with Crippen LogP contribution in [0.3, 0.4) is 0 Å². The Morgan fingerprint density at radius 2 is 2.10 bits per heavy atom. The highest BCUT2D eigenvalue weighted by Crippen LogP contribution is 2.17. The summed E-state index contributed by atoms with van der Waals surface area (Å²) in [5, 5.41) is 12.3. The number of aliphatic hydroxyl groups is 1. The highest BCUT2D eigenvalue weighted by atomic mass is 16.6. The third kappa shape index (κ3) is 7.22. The van der Waals surface area contributed by atoms with Gasteiger partial charge in [-0.1, -0.05) is 6.92 Å². The molecule has 1 rings (SSSR count). The fraction of sp³-hybridized carbons (Fsp3) is 0.933. The van der Waals surface area contributed by atoms with Crippen LogP contribution in [0.5, 0.6) is 0 Å². The molecule has 2 atom stereocenters. The molecule has 5 heteroatoms. The Kier molecular flexibility index (Phi) is 6.92. The van der Waals surface area contributed by atoms with Gasteiger partial charge in [0.25, 0.3) is 0 Å². The average molecular weight is 286 g/mol. The summed E-state index contributed by atoms with van der Waals surface area (Å²) < 4.78 is 5.38. The van der Waals surface area contributed by atoms with Crippen molar-refractivity contribution in [1.29, 1.82) is 0 Å². The lowest BCUT2D eigenvalue weighted by Crippen LogP contribution is -2.50. The zero-order chi connectivity index (χ0) is 15.2. The van der Waals surface area contributed by atoms with Crippen molar-refractivity contribution in [1.82, 2.24) is 10.2 Å². The monoisotopic (exact) mass is 286 g/mol. The van der Waals surface area contributed by atoms with E-state index in [9.17, 15) is 4.79 Å². The number of carbonyl (C=O) groups is 1. The van der Waals surface area contributed by atoms with Gasteiger partial charge in [-0.05, 0) is 46.1 Å². The molecule has 1 aliphatic heterocycles. The fourth-order valence-corrected chi connectivity index (χ4v) is 2.68. The van der Waals surface area contributed by atoms with E-state index in [4.69, 9.17) is 9.84 Å². The Morgan fingerprint density at radius 1 is 1.40 bits per heavy atom. The van der Waals surface area contributed by atoms with Crippen molar-refractivity contribution in [2.75, 3.05) is 32.8 Å². The first-order chi connectivity index (χ1) is 9.30. The lowest BCUT2D eigenvalue weighted by atomic mass is 9.96. The number of ether oxygens (including phenoxy) is 1. The maximum Gasteiger partial charge on any atom is 0.320 e. The predicted octanol–water partition coefficient (Wildman–Crippen LogP) is 1.01. The van der Waals surface area contributed by atoms with Gasteiger partial charge in [-0.3, -0.25) is 9.69 Å². The molecule has 0 bridgehead atoms. The van der Waals surface area contributed by atoms with Gasteiger partial charge in [0, 0.05) is 25.7 Å². The minimum Gasteiger partial charge on any atom is -0.459 e. The average Bonchev–Trinajstić information content (AvgIpc) is 2.25. The van der Waals surface area contributed by atoms with E-state index in [1.807, 2.05) is 20.8 Å². The molecule has 5 nitrogen and oxygen atoms in total. The molecular formula is C15H30N2O3. The van der Waals surface area contributed by atoms with Gasteiger partial charge in [0.1, 0.15) is 5.60 Å². The van der Waals surface area contributed by atoms with Gasteiger partial charge in [0.05, 0.1) is 6.54 Å². The molecule has 1 heterocycles. The van der Waals surface area contributed by atoms with Crippen molar-refractivity contribution < 1.29 is 14.6 Å². The van der Waals surface area contributed by atoms with Crippen molar-refractivity contribution in [3.63, 3.8) is 0 Å². The summed E-state index contributed by atoms with van der Waals surface area (Å²) in [5.41, 5.74) is -0.419. The summed E-state index contributed by atoms with van der Waals surface area (Å²) in [4.78, 5) is 14.0. The molecule has 0 amide bonds. The molecule has 0 aliphatic carbocycles. The molecule has 0 aromatic heterocycles. The van der Waals surface area contributed by atoms with Crippen LogP contribution in [0.15, 0.2) is 0 Å². The standard InChI is InChI=1S/C15H30N2O3/c1-12-8-13(16-6-5-7-18)10-17(9-12)11-14(19)20-15(2,3)4/h12-13,16,18H,5-11H2,1-4H3. The molecule has 0 saturated carbocycles. The zero-order valence-electron chi connectivity index (χ0n) is 13.3. The number of rotatable bonds is 6. The smallest absolute Gasteiger partial charge is 0.320 e. The minimum atomic E-state index is -0.419. The number of hydrogen-bond acceptors (Lipinski definition) is 5. The summed E-state index contributed by atoms with van der Waals surface area (Å²) in [7, 11) is 0. The van der Waals surface area contributed by atoms with Crippen LogP contribution < -0.4 is 5.32 Å². The summed E-state index contributed by atoms with van der Waals surface area (Å²) in [6.07, 6.45) is 1.90. The Labute approximate surface area is 122 Å². The summed E-state index contributed by atoms with van der Waals surface area (Å²) in [5.74, 6) is 0.415. The Balaban J connectivity index is 2.39. The lowest BCUT2D eigenvalue weighted by Gasteiger charge is -2.36. The number of nitrogens with one attached hydrogen (secondary N) is 1. The third-order valence-corrected chi connectivity index (χ3v) is 3.28. The van der Waals surface area contributed by atoms with E-state index < -0.39 is 5.60 Å². The number of esters is 1. The Bertz CT molecular complexity index is 302. The number of carbonyl (C=O) groups excluding carboxylic acids is 1. The normalized spacial score (nSPS) is 24.6. The molecule has 2 N–H and O–H groups in total. The fourth-order valence-electron chi connectivity index (χ4n) is 2.68. The molecule has 118 valence electrons. The Hall–Kier alpha value is -0.650. The Morgan fingerprint density at radius 3 is 2.70 bits per heavy atom. The highest BCUT2D eigenvalue weighted by molar-refractivity contribution is 5.72. The second-order valence-corrected chi connectivity index (χ2v) is 6.85. The van der Waals surface area contributed by atoms with Gasteiger partial charge in [-0.25, -0.2) is 0 Å². The second kappa shape index (κ2) is 7.96. The van der Waals surface area contributed by atoms with Crippen LogP contribution >= 0.6 is 0 Å². The molecule has 1 aliphatic rings. The molecular weight excluding hydrogens is 256 g/mol. The van der Waals surface area contributed by atoms with Crippen LogP contribution in [-0.4, -0.2) is 60.4 Å². The number of hydrogen-bond donors (Lipinski definition) is 2. The van der Waals surface area contributed by atoms with Crippen LogP contribution in [0.1, 0.15) is 40.5 Å². The van der Waals surface area contributed by atoms with Gasteiger partial charge >= 0.3 is 5.97 Å². The van der Waals surface area contributed by atoms with Gasteiger partial charge in [0.2, 0.25) is 0 Å². The van der Waals surface area contributed by atoms with Crippen molar-refractivity contribution >= 4 is 5.97 Å². The number of likely N-dealkylation sites (tertiary alicyclic amines) is 1. The van der Waals surface area contributed by atoms with E-state index in [1.165, 1.54) is 0 Å². The molecule has 1 fully saturated rings. The maximum absolute atomic E-state index is 11.9. The topological polar surface area (TPSA) is 61.8 Å². The lowest BCUT2D eigenvalue weighted by molar-refractivity contribution is -0.156. The van der Waals surface area contributed by atoms with Gasteiger partial charge in [0.15, 0.2) is 0 Å². The maximum atomic E-state index is 11.9. The quantitative estimate of drug-likeness (QED) is 0.564. The first-order valence-corrected chi connectivity index (χ1v) is 7.58. The summed E-state index contributed by atoms with van der Waals surface area (Å²) in [6.45, 7) is 11.1. The van der Waals surface area contributed by atoms with Crippen molar-refractivity contribution in [2.24, 2.45) is 5.92 Å². The molecule has 2 unspecified atom stereocenters. The van der Waals surface area contributed by atoms with Gasteiger partial charge < -0.3 is 15.2 Å². The highest BCUT2D eigenvalue weighted by Gasteiger charge is 2.27. The van der Waals surface area contributed by atoms with Crippen molar-refractivity contribution in [3.8, 4) is 0 Å². The van der Waals surface area contributed by atoms with Gasteiger partial charge in [-0.15, -0.1) is 0 Å². The first kappa shape index (κ1) is 17.4. The van der Waals surface area contributed by atoms with Crippen molar-refractivity contribution in [2.45, 2.75) is 52.2 Å². The van der Waals surface area contributed by atoms with Crippen LogP contribution in [-0.2, 0) is 9.53 Å². The zero-order valence-corrected chi connectivity index (χ0v) is 13.3. The van der Waals surface area contributed by atoms with Crippen LogP contribution in [0.25, 0.3) is 0 Å². The van der Waals surface area contributed by atoms with E-state index in [0.717, 1.165) is 32.5 Å². The second-order valence-electron chi connectivity index (χ2n) is 6.85. The van der Waals surface area contributed by atoms with E-state index in [0.29, 0.717) is 18.5 Å².